The third kappa shape index (κ3) is 3.62. The summed E-state index contributed by atoms with van der Waals surface area (Å²) in [5.74, 6) is 0. The standard InChI is InChI=1S/C9H12N.Au.2ClH/c1-10(2)8-9-6-4-3-5-7-9;;;/h3-6H,8H2,1-2H3;;2*1H/q;+2;;/p-2. The molecule has 0 atom stereocenters. The van der Waals surface area contributed by atoms with Gasteiger partial charge in [0, 0.05) is 0 Å². The fourth-order valence-electron chi connectivity index (χ4n) is 1.06. The van der Waals surface area contributed by atoms with Crippen molar-refractivity contribution in [1.29, 1.82) is 0 Å². The minimum absolute atomic E-state index is 0.904. The van der Waals surface area contributed by atoms with Gasteiger partial charge in [0.05, 0.1) is 0 Å². The molecule has 0 radical (unpaired) electrons. The first kappa shape index (κ1) is 11.6. The van der Waals surface area contributed by atoms with Crippen LogP contribution in [0.1, 0.15) is 5.56 Å². The summed E-state index contributed by atoms with van der Waals surface area (Å²) in [6.45, 7) is 0.904. The molecule has 1 aromatic rings. The number of hydrogen-bond acceptors (Lipinski definition) is 1. The van der Waals surface area contributed by atoms with Crippen LogP contribution in [-0.4, -0.2) is 19.0 Å². The van der Waals surface area contributed by atoms with Crippen LogP contribution >= 0.6 is 18.4 Å². The summed E-state index contributed by atoms with van der Waals surface area (Å²) in [6, 6.07) is 8.12. The molecule has 0 aliphatic heterocycles. The van der Waals surface area contributed by atoms with Crippen molar-refractivity contribution in [2.45, 2.75) is 6.54 Å². The van der Waals surface area contributed by atoms with Crippen LogP contribution in [0.15, 0.2) is 24.3 Å². The van der Waals surface area contributed by atoms with Crippen LogP contribution < -0.4 is 3.78 Å². The van der Waals surface area contributed by atoms with E-state index >= 15 is 0 Å². The van der Waals surface area contributed by atoms with Gasteiger partial charge in [0.25, 0.3) is 0 Å². The molecule has 0 amide bonds. The molecule has 0 unspecified atom stereocenters. The summed E-state index contributed by atoms with van der Waals surface area (Å²) in [5.41, 5.74) is 1.25. The summed E-state index contributed by atoms with van der Waals surface area (Å²) in [5, 5.41) is 0. The Hall–Kier alpha value is 0.500. The molecular weight excluding hydrogens is 390 g/mol. The van der Waals surface area contributed by atoms with Gasteiger partial charge in [-0.25, -0.2) is 0 Å². The van der Waals surface area contributed by atoms with Gasteiger partial charge in [0.1, 0.15) is 0 Å². The Bertz CT molecular complexity index is 276. The summed E-state index contributed by atoms with van der Waals surface area (Å²) < 4.78 is 1.15. The van der Waals surface area contributed by atoms with Crippen molar-refractivity contribution in [2.24, 2.45) is 0 Å². The van der Waals surface area contributed by atoms with Crippen LogP contribution in [-0.2, 0) is 22.8 Å². The average molecular weight is 402 g/mol. The van der Waals surface area contributed by atoms with Gasteiger partial charge in [-0.1, -0.05) is 0 Å². The minimum atomic E-state index is -1.79. The Kier molecular flexibility index (Phi) is 4.81. The van der Waals surface area contributed by atoms with E-state index in [0.29, 0.717) is 0 Å². The van der Waals surface area contributed by atoms with Gasteiger partial charge in [-0.15, -0.1) is 0 Å². The topological polar surface area (TPSA) is 3.24 Å². The summed E-state index contributed by atoms with van der Waals surface area (Å²) in [7, 11) is 16.1. The van der Waals surface area contributed by atoms with Crippen molar-refractivity contribution in [3.05, 3.63) is 29.8 Å². The molecule has 13 heavy (non-hydrogen) atoms. The Balaban J connectivity index is 2.91. The molecule has 4 heteroatoms. The van der Waals surface area contributed by atoms with Crippen LogP contribution in [0.3, 0.4) is 0 Å². The summed E-state index contributed by atoms with van der Waals surface area (Å²) >= 11 is -1.79. The van der Waals surface area contributed by atoms with Crippen molar-refractivity contribution >= 4 is 22.2 Å². The van der Waals surface area contributed by atoms with Crippen molar-refractivity contribution in [2.75, 3.05) is 14.1 Å². The van der Waals surface area contributed by atoms with Gasteiger partial charge >= 0.3 is 93.8 Å². The summed E-state index contributed by atoms with van der Waals surface area (Å²) in [6.07, 6.45) is 0. The predicted molar refractivity (Wildman–Crippen MR) is 55.2 cm³/mol. The quantitative estimate of drug-likeness (QED) is 0.702. The van der Waals surface area contributed by atoms with Crippen molar-refractivity contribution in [3.8, 4) is 0 Å². The predicted octanol–water partition coefficient (Wildman–Crippen LogP) is 2.30. The Morgan fingerprint density at radius 2 is 1.85 bits per heavy atom. The van der Waals surface area contributed by atoms with Crippen LogP contribution in [0.4, 0.5) is 0 Å². The number of halogens is 2. The Labute approximate surface area is 93.4 Å². The van der Waals surface area contributed by atoms with Crippen molar-refractivity contribution < 1.29 is 16.3 Å². The molecule has 0 heterocycles. The molecule has 0 saturated carbocycles. The van der Waals surface area contributed by atoms with Gasteiger partial charge in [-0.2, -0.15) is 0 Å². The monoisotopic (exact) mass is 401 g/mol. The molecule has 0 aliphatic carbocycles. The van der Waals surface area contributed by atoms with Crippen molar-refractivity contribution in [3.63, 3.8) is 0 Å². The molecule has 0 N–H and O–H groups in total. The Morgan fingerprint density at radius 3 is 2.38 bits per heavy atom. The normalized spacial score (nSPS) is 11.9. The average Bonchev–Trinajstić information content (AvgIpc) is 2.03. The summed E-state index contributed by atoms with van der Waals surface area (Å²) in [4.78, 5) is 2.12. The first-order valence-electron chi connectivity index (χ1n) is 3.77. The fraction of sp³-hybridized carbons (Fsp3) is 0.333. The van der Waals surface area contributed by atoms with Gasteiger partial charge in [-0.3, -0.25) is 0 Å². The van der Waals surface area contributed by atoms with Gasteiger partial charge < -0.3 is 0 Å². The second kappa shape index (κ2) is 5.40. The zero-order valence-corrected chi connectivity index (χ0v) is 11.2. The third-order valence-electron chi connectivity index (χ3n) is 1.53. The molecule has 0 spiro atoms. The number of benzene rings is 1. The van der Waals surface area contributed by atoms with E-state index in [0.717, 1.165) is 10.3 Å². The van der Waals surface area contributed by atoms with E-state index in [9.17, 15) is 0 Å². The molecule has 78 valence electrons. The maximum atomic E-state index is 5.99. The third-order valence-corrected chi connectivity index (χ3v) is 5.48. The number of nitrogens with zero attached hydrogens (tertiary/aromatic N) is 1. The molecular formula is C9H12AuCl2N. The molecule has 1 rings (SSSR count). The van der Waals surface area contributed by atoms with Gasteiger partial charge in [0.2, 0.25) is 0 Å². The van der Waals surface area contributed by atoms with Crippen LogP contribution in [0.5, 0.6) is 0 Å². The van der Waals surface area contributed by atoms with E-state index in [4.69, 9.17) is 18.4 Å². The maximum absolute atomic E-state index is 5.99. The fourth-order valence-corrected chi connectivity index (χ4v) is 4.24. The van der Waals surface area contributed by atoms with E-state index in [2.05, 4.69) is 11.0 Å². The van der Waals surface area contributed by atoms with Gasteiger partial charge in [0.15, 0.2) is 0 Å². The molecule has 0 bridgehead atoms. The molecule has 0 fully saturated rings. The Morgan fingerprint density at radius 1 is 1.23 bits per heavy atom. The number of hydrogen-bond donors (Lipinski definition) is 0. The zero-order chi connectivity index (χ0) is 9.84. The first-order valence-corrected chi connectivity index (χ1v) is 10.2. The van der Waals surface area contributed by atoms with E-state index in [1.54, 1.807) is 0 Å². The van der Waals surface area contributed by atoms with E-state index in [-0.39, 0.29) is 0 Å². The molecule has 0 aliphatic rings. The molecule has 1 nitrogen and oxygen atoms in total. The zero-order valence-electron chi connectivity index (χ0n) is 7.52. The second-order valence-corrected chi connectivity index (χ2v) is 9.93. The van der Waals surface area contributed by atoms with Crippen LogP contribution in [0.2, 0.25) is 0 Å². The van der Waals surface area contributed by atoms with E-state index < -0.39 is 16.3 Å². The first-order chi connectivity index (χ1) is 6.11. The van der Waals surface area contributed by atoms with Gasteiger partial charge in [-0.05, 0) is 0 Å². The second-order valence-electron chi connectivity index (χ2n) is 2.95. The van der Waals surface area contributed by atoms with Crippen LogP contribution in [0.25, 0.3) is 0 Å². The van der Waals surface area contributed by atoms with Crippen LogP contribution in [0, 0.1) is 0 Å². The molecule has 1 aromatic carbocycles. The van der Waals surface area contributed by atoms with Crippen molar-refractivity contribution in [1.82, 2.24) is 4.90 Å². The molecule has 0 aromatic heterocycles. The van der Waals surface area contributed by atoms with E-state index in [1.807, 2.05) is 32.3 Å². The van der Waals surface area contributed by atoms with E-state index in [1.165, 1.54) is 5.56 Å². The SMILES string of the molecule is CN(C)Cc1cccc[c]1[Au]([Cl])[Cl]. The molecule has 0 saturated heterocycles. The number of rotatable bonds is 3.